The molecule has 114 valence electrons. The van der Waals surface area contributed by atoms with Crippen molar-refractivity contribution >= 4 is 23.5 Å². The van der Waals surface area contributed by atoms with Gasteiger partial charge in [0.05, 0.1) is 0 Å². The summed E-state index contributed by atoms with van der Waals surface area (Å²) in [6.45, 7) is 6.60. The van der Waals surface area contributed by atoms with Gasteiger partial charge in [-0.2, -0.15) is 0 Å². The summed E-state index contributed by atoms with van der Waals surface area (Å²) >= 11 is 0. The SMILES string of the molecule is CC(=O)c1cccc(NC(=O)N[C@H](C(=O)O)C(C)(C)C)c1. The van der Waals surface area contributed by atoms with E-state index in [1.807, 2.05) is 0 Å². The van der Waals surface area contributed by atoms with Crippen molar-refractivity contribution in [1.82, 2.24) is 5.32 Å². The van der Waals surface area contributed by atoms with Gasteiger partial charge < -0.3 is 15.7 Å². The molecule has 1 atom stereocenters. The highest BCUT2D eigenvalue weighted by atomic mass is 16.4. The standard InChI is InChI=1S/C15H20N2O4/c1-9(18)10-6-5-7-11(8-10)16-14(21)17-12(13(19)20)15(2,3)4/h5-8,12H,1-4H3,(H,19,20)(H2,16,17,21)/t12-/m1/s1. The lowest BCUT2D eigenvalue weighted by Crippen LogP contribution is -2.50. The average Bonchev–Trinajstić information content (AvgIpc) is 2.34. The van der Waals surface area contributed by atoms with Crippen LogP contribution < -0.4 is 10.6 Å². The van der Waals surface area contributed by atoms with Gasteiger partial charge in [-0.05, 0) is 24.5 Å². The minimum atomic E-state index is -1.10. The Morgan fingerprint density at radius 1 is 1.19 bits per heavy atom. The van der Waals surface area contributed by atoms with Crippen molar-refractivity contribution in [2.75, 3.05) is 5.32 Å². The van der Waals surface area contributed by atoms with Crippen molar-refractivity contribution in [2.24, 2.45) is 5.41 Å². The van der Waals surface area contributed by atoms with Crippen LogP contribution in [0.5, 0.6) is 0 Å². The number of benzene rings is 1. The number of amides is 2. The molecule has 0 radical (unpaired) electrons. The number of aliphatic carboxylic acids is 1. The molecular formula is C15H20N2O4. The number of ketones is 1. The van der Waals surface area contributed by atoms with Crippen molar-refractivity contribution in [3.63, 3.8) is 0 Å². The Balaban J connectivity index is 2.79. The average molecular weight is 292 g/mol. The molecule has 0 saturated heterocycles. The van der Waals surface area contributed by atoms with E-state index >= 15 is 0 Å². The van der Waals surface area contributed by atoms with Gasteiger partial charge in [0.25, 0.3) is 0 Å². The summed E-state index contributed by atoms with van der Waals surface area (Å²) in [5, 5.41) is 14.1. The van der Waals surface area contributed by atoms with E-state index in [2.05, 4.69) is 10.6 Å². The fourth-order valence-corrected chi connectivity index (χ4v) is 1.76. The van der Waals surface area contributed by atoms with Gasteiger partial charge in [-0.25, -0.2) is 9.59 Å². The number of Topliss-reactive ketones (excluding diaryl/α,β-unsaturated/α-hetero) is 1. The molecule has 0 aliphatic carbocycles. The summed E-state index contributed by atoms with van der Waals surface area (Å²) in [5.74, 6) is -1.22. The van der Waals surface area contributed by atoms with Crippen molar-refractivity contribution in [2.45, 2.75) is 33.7 Å². The molecular weight excluding hydrogens is 272 g/mol. The van der Waals surface area contributed by atoms with Crippen LogP contribution in [0.1, 0.15) is 38.1 Å². The Kier molecular flexibility index (Phi) is 5.07. The number of carboxylic acid groups (broad SMARTS) is 1. The molecule has 0 bridgehead atoms. The number of hydrogen-bond donors (Lipinski definition) is 3. The quantitative estimate of drug-likeness (QED) is 0.743. The summed E-state index contributed by atoms with van der Waals surface area (Å²) in [5.41, 5.74) is 0.279. The van der Waals surface area contributed by atoms with Gasteiger partial charge in [0.2, 0.25) is 0 Å². The third-order valence-electron chi connectivity index (χ3n) is 2.92. The van der Waals surface area contributed by atoms with Gasteiger partial charge >= 0.3 is 12.0 Å². The molecule has 3 N–H and O–H groups in total. The zero-order valence-corrected chi connectivity index (χ0v) is 12.6. The van der Waals surface area contributed by atoms with Crippen LogP contribution in [0.25, 0.3) is 0 Å². The Bertz CT molecular complexity index is 561. The molecule has 0 aromatic heterocycles. The Morgan fingerprint density at radius 2 is 1.81 bits per heavy atom. The summed E-state index contributed by atoms with van der Waals surface area (Å²) in [6.07, 6.45) is 0. The predicted octanol–water partition coefficient (Wildman–Crippen LogP) is 2.51. The molecule has 6 heteroatoms. The number of carboxylic acids is 1. The van der Waals surface area contributed by atoms with Crippen LogP contribution in [-0.2, 0) is 4.79 Å². The molecule has 0 unspecified atom stereocenters. The van der Waals surface area contributed by atoms with Gasteiger partial charge in [-0.15, -0.1) is 0 Å². The van der Waals surface area contributed by atoms with Crippen molar-refractivity contribution < 1.29 is 19.5 Å². The Morgan fingerprint density at radius 3 is 2.29 bits per heavy atom. The highest BCUT2D eigenvalue weighted by Crippen LogP contribution is 2.19. The second kappa shape index (κ2) is 6.39. The molecule has 0 saturated carbocycles. The molecule has 6 nitrogen and oxygen atoms in total. The summed E-state index contributed by atoms with van der Waals surface area (Å²) in [4.78, 5) is 34.4. The van der Waals surface area contributed by atoms with Crippen molar-refractivity contribution in [1.29, 1.82) is 0 Å². The molecule has 0 spiro atoms. The topological polar surface area (TPSA) is 95.5 Å². The van der Waals surface area contributed by atoms with Crippen LogP contribution in [0.15, 0.2) is 24.3 Å². The maximum Gasteiger partial charge on any atom is 0.326 e. The summed E-state index contributed by atoms with van der Waals surface area (Å²) in [7, 11) is 0. The van der Waals surface area contributed by atoms with Gasteiger partial charge in [0.15, 0.2) is 5.78 Å². The summed E-state index contributed by atoms with van der Waals surface area (Å²) < 4.78 is 0. The van der Waals surface area contributed by atoms with E-state index in [-0.39, 0.29) is 5.78 Å². The van der Waals surface area contributed by atoms with Crippen molar-refractivity contribution in [3.05, 3.63) is 29.8 Å². The monoisotopic (exact) mass is 292 g/mol. The van der Waals surface area contributed by atoms with Crippen LogP contribution >= 0.6 is 0 Å². The molecule has 21 heavy (non-hydrogen) atoms. The first-order valence-corrected chi connectivity index (χ1v) is 6.52. The van der Waals surface area contributed by atoms with Gasteiger partial charge in [-0.1, -0.05) is 32.9 Å². The van der Waals surface area contributed by atoms with Crippen LogP contribution in [0.2, 0.25) is 0 Å². The largest absolute Gasteiger partial charge is 0.480 e. The smallest absolute Gasteiger partial charge is 0.326 e. The fraction of sp³-hybridized carbons (Fsp3) is 0.400. The zero-order valence-electron chi connectivity index (χ0n) is 12.6. The lowest BCUT2D eigenvalue weighted by atomic mass is 9.87. The highest BCUT2D eigenvalue weighted by molar-refractivity contribution is 5.97. The molecule has 2 amide bonds. The van der Waals surface area contributed by atoms with Crippen LogP contribution in [0.4, 0.5) is 10.5 Å². The summed E-state index contributed by atoms with van der Waals surface area (Å²) in [6, 6.07) is 4.80. The molecule has 0 fully saturated rings. The minimum Gasteiger partial charge on any atom is -0.480 e. The number of hydrogen-bond acceptors (Lipinski definition) is 3. The molecule has 0 aliphatic rings. The number of anilines is 1. The third kappa shape index (κ3) is 4.91. The lowest BCUT2D eigenvalue weighted by Gasteiger charge is -2.27. The van der Waals surface area contributed by atoms with E-state index in [4.69, 9.17) is 5.11 Å². The first kappa shape index (κ1) is 16.7. The van der Waals surface area contributed by atoms with E-state index in [9.17, 15) is 14.4 Å². The normalized spacial score (nSPS) is 12.4. The lowest BCUT2D eigenvalue weighted by molar-refractivity contribution is -0.141. The third-order valence-corrected chi connectivity index (χ3v) is 2.92. The van der Waals surface area contributed by atoms with Gasteiger partial charge in [0, 0.05) is 11.3 Å². The fourth-order valence-electron chi connectivity index (χ4n) is 1.76. The van der Waals surface area contributed by atoms with Gasteiger partial charge in [0.1, 0.15) is 6.04 Å². The highest BCUT2D eigenvalue weighted by Gasteiger charge is 2.32. The van der Waals surface area contributed by atoms with E-state index < -0.39 is 23.5 Å². The Hall–Kier alpha value is -2.37. The minimum absolute atomic E-state index is 0.114. The van der Waals surface area contributed by atoms with Gasteiger partial charge in [-0.3, -0.25) is 4.79 Å². The number of carbonyl (C=O) groups is 3. The van der Waals surface area contributed by atoms with E-state index in [0.29, 0.717) is 11.3 Å². The zero-order chi connectivity index (χ0) is 16.2. The van der Waals surface area contributed by atoms with E-state index in [0.717, 1.165) is 0 Å². The first-order chi connectivity index (χ1) is 9.61. The van der Waals surface area contributed by atoms with Crippen LogP contribution in [0.3, 0.4) is 0 Å². The number of carbonyl (C=O) groups excluding carboxylic acids is 2. The molecule has 0 aliphatic heterocycles. The maximum atomic E-state index is 11.9. The Labute approximate surface area is 123 Å². The van der Waals surface area contributed by atoms with Crippen LogP contribution in [0, 0.1) is 5.41 Å². The second-order valence-electron chi connectivity index (χ2n) is 5.87. The van der Waals surface area contributed by atoms with E-state index in [1.54, 1.807) is 39.0 Å². The number of rotatable bonds is 4. The molecule has 0 heterocycles. The second-order valence-corrected chi connectivity index (χ2v) is 5.87. The molecule has 1 aromatic carbocycles. The molecule has 1 aromatic rings. The predicted molar refractivity (Wildman–Crippen MR) is 79.5 cm³/mol. The van der Waals surface area contributed by atoms with Crippen molar-refractivity contribution in [3.8, 4) is 0 Å². The molecule has 1 rings (SSSR count). The van der Waals surface area contributed by atoms with E-state index in [1.165, 1.54) is 13.0 Å². The number of nitrogens with one attached hydrogen (secondary N) is 2. The first-order valence-electron chi connectivity index (χ1n) is 6.52. The number of urea groups is 1. The van der Waals surface area contributed by atoms with Crippen LogP contribution in [-0.4, -0.2) is 28.9 Å². The maximum absolute atomic E-state index is 11.9.